The molecular weight excluding hydrogens is 416 g/mol. The van der Waals surface area contributed by atoms with Gasteiger partial charge in [-0.15, -0.1) is 0 Å². The van der Waals surface area contributed by atoms with E-state index in [4.69, 9.17) is 14.3 Å². The van der Waals surface area contributed by atoms with Crippen LogP contribution in [0.4, 0.5) is 0 Å². The van der Waals surface area contributed by atoms with Gasteiger partial charge in [0.2, 0.25) is 0 Å². The van der Waals surface area contributed by atoms with Crippen LogP contribution >= 0.6 is 0 Å². The Morgan fingerprint density at radius 3 is 2.28 bits per heavy atom. The highest BCUT2D eigenvalue weighted by atomic mass is 28.4. The molecule has 184 valence electrons. The topological polar surface area (TPSA) is 55.8 Å². The predicted molar refractivity (Wildman–Crippen MR) is 131 cm³/mol. The van der Waals surface area contributed by atoms with E-state index in [0.717, 1.165) is 24.2 Å². The van der Waals surface area contributed by atoms with E-state index in [-0.39, 0.29) is 23.2 Å². The summed E-state index contributed by atoms with van der Waals surface area (Å²) in [4.78, 5) is 11.1. The largest absolute Gasteiger partial charge is 0.480 e. The summed E-state index contributed by atoms with van der Waals surface area (Å²) in [6, 6.07) is 0. The van der Waals surface area contributed by atoms with Gasteiger partial charge in [-0.05, 0) is 110 Å². The Morgan fingerprint density at radius 1 is 0.969 bits per heavy atom. The summed E-state index contributed by atoms with van der Waals surface area (Å²) in [5, 5.41) is 9.39. The Bertz CT molecular complexity index is 715. The third kappa shape index (κ3) is 4.13. The lowest BCUT2D eigenvalue weighted by Gasteiger charge is -2.61. The molecule has 0 bridgehead atoms. The van der Waals surface area contributed by atoms with Gasteiger partial charge in [-0.1, -0.05) is 34.6 Å². The van der Waals surface area contributed by atoms with Crippen LogP contribution in [0.25, 0.3) is 0 Å². The van der Waals surface area contributed by atoms with Gasteiger partial charge in [-0.3, -0.25) is 0 Å². The van der Waals surface area contributed by atoms with Crippen molar-refractivity contribution in [2.75, 3.05) is 6.61 Å². The quantitative estimate of drug-likeness (QED) is 0.450. The van der Waals surface area contributed by atoms with Gasteiger partial charge in [0.1, 0.15) is 6.61 Å². The van der Waals surface area contributed by atoms with E-state index in [0.29, 0.717) is 17.4 Å². The van der Waals surface area contributed by atoms with Crippen molar-refractivity contribution in [1.29, 1.82) is 0 Å². The summed E-state index contributed by atoms with van der Waals surface area (Å²) in [7, 11) is -1.71. The highest BCUT2D eigenvalue weighted by Crippen LogP contribution is 2.66. The molecule has 4 saturated carbocycles. The van der Waals surface area contributed by atoms with Gasteiger partial charge >= 0.3 is 5.97 Å². The lowest BCUT2D eigenvalue weighted by Crippen LogP contribution is -2.55. The van der Waals surface area contributed by atoms with Crippen LogP contribution in [0.2, 0.25) is 18.1 Å². The van der Waals surface area contributed by atoms with Crippen molar-refractivity contribution in [3.63, 3.8) is 0 Å². The lowest BCUT2D eigenvalue weighted by molar-refractivity contribution is -0.155. The van der Waals surface area contributed by atoms with Crippen molar-refractivity contribution >= 4 is 14.3 Å². The molecule has 8 atom stereocenters. The van der Waals surface area contributed by atoms with E-state index >= 15 is 0 Å². The first-order chi connectivity index (χ1) is 14.8. The molecule has 1 unspecified atom stereocenters. The van der Waals surface area contributed by atoms with Crippen LogP contribution in [0.1, 0.15) is 92.4 Å². The molecule has 1 N–H and O–H groups in total. The first kappa shape index (κ1) is 24.7. The van der Waals surface area contributed by atoms with Crippen LogP contribution in [0, 0.1) is 34.5 Å². The van der Waals surface area contributed by atoms with Crippen molar-refractivity contribution in [2.45, 2.75) is 123 Å². The van der Waals surface area contributed by atoms with Crippen LogP contribution in [0.3, 0.4) is 0 Å². The van der Waals surface area contributed by atoms with Crippen molar-refractivity contribution in [2.24, 2.45) is 34.5 Å². The minimum Gasteiger partial charge on any atom is -0.480 e. The van der Waals surface area contributed by atoms with Crippen molar-refractivity contribution in [1.82, 2.24) is 0 Å². The number of fused-ring (bicyclic) bond motifs is 5. The van der Waals surface area contributed by atoms with Crippen LogP contribution in [-0.2, 0) is 14.0 Å². The van der Waals surface area contributed by atoms with Crippen LogP contribution in [0.15, 0.2) is 0 Å². The fourth-order valence-corrected chi connectivity index (χ4v) is 9.72. The van der Waals surface area contributed by atoms with Crippen LogP contribution in [-0.4, -0.2) is 38.2 Å². The van der Waals surface area contributed by atoms with Gasteiger partial charge in [0, 0.05) is 6.10 Å². The van der Waals surface area contributed by atoms with Crippen molar-refractivity contribution in [3.8, 4) is 0 Å². The maximum atomic E-state index is 11.1. The monoisotopic (exact) mass is 464 g/mol. The zero-order valence-corrected chi connectivity index (χ0v) is 22.7. The molecule has 0 heterocycles. The highest BCUT2D eigenvalue weighted by molar-refractivity contribution is 6.74. The summed E-state index contributed by atoms with van der Waals surface area (Å²) < 4.78 is 12.8. The number of ether oxygens (including phenoxy) is 1. The van der Waals surface area contributed by atoms with E-state index in [2.05, 4.69) is 47.7 Å². The molecule has 0 aromatic carbocycles. The summed E-state index contributed by atoms with van der Waals surface area (Å²) >= 11 is 0. The van der Waals surface area contributed by atoms with E-state index in [1.807, 2.05) is 0 Å². The fraction of sp³-hybridized carbons (Fsp3) is 0.963. The number of hydrogen-bond acceptors (Lipinski definition) is 3. The molecule has 0 aromatic heterocycles. The third-order valence-corrected chi connectivity index (χ3v) is 15.7. The molecule has 0 spiro atoms. The second-order valence-corrected chi connectivity index (χ2v) is 18.5. The van der Waals surface area contributed by atoms with Gasteiger partial charge in [0.25, 0.3) is 0 Å². The second-order valence-electron chi connectivity index (χ2n) is 13.7. The van der Waals surface area contributed by atoms with E-state index in [1.54, 1.807) is 0 Å². The molecule has 0 aliphatic heterocycles. The summed E-state index contributed by atoms with van der Waals surface area (Å²) in [5.41, 5.74) is 0.625. The Balaban J connectivity index is 1.44. The van der Waals surface area contributed by atoms with Crippen molar-refractivity contribution < 1.29 is 19.1 Å². The number of carboxylic acid groups (broad SMARTS) is 1. The van der Waals surface area contributed by atoms with Gasteiger partial charge in [-0.2, -0.15) is 0 Å². The molecule has 32 heavy (non-hydrogen) atoms. The summed E-state index contributed by atoms with van der Waals surface area (Å²) in [6.45, 7) is 16.8. The smallest absolute Gasteiger partial charge is 0.329 e. The third-order valence-electron chi connectivity index (χ3n) is 11.2. The van der Waals surface area contributed by atoms with Crippen LogP contribution in [0.5, 0.6) is 0 Å². The molecule has 0 saturated heterocycles. The average molecular weight is 465 g/mol. The molecule has 4 rings (SSSR count). The molecule has 0 radical (unpaired) electrons. The maximum absolute atomic E-state index is 11.1. The van der Waals surface area contributed by atoms with Gasteiger partial charge in [-0.25, -0.2) is 4.79 Å². The minimum absolute atomic E-state index is 0.129. The number of rotatable bonds is 5. The van der Waals surface area contributed by atoms with Crippen LogP contribution < -0.4 is 0 Å². The summed E-state index contributed by atoms with van der Waals surface area (Å²) in [5.74, 6) is 2.30. The normalized spacial score (nSPS) is 44.5. The Hall–Kier alpha value is -0.393. The fourth-order valence-electron chi connectivity index (χ4n) is 8.32. The van der Waals surface area contributed by atoms with Gasteiger partial charge in [0.05, 0.1) is 6.10 Å². The SMILES string of the molecule is CC(C)(C)[Si](C)(C)OC1CC[C@@]2(C)[C@@H](CC[C@@H]3[C@@H]2CC[C@]2(C)[C@@H](OCC(=O)O)CC[C@@H]32)C1. The number of carboxylic acids is 1. The van der Waals surface area contributed by atoms with E-state index in [9.17, 15) is 4.79 Å². The molecule has 0 amide bonds. The minimum atomic E-state index is -1.71. The van der Waals surface area contributed by atoms with Gasteiger partial charge < -0.3 is 14.3 Å². The molecule has 0 aromatic rings. The Morgan fingerprint density at radius 2 is 1.62 bits per heavy atom. The van der Waals surface area contributed by atoms with E-state index < -0.39 is 14.3 Å². The lowest BCUT2D eigenvalue weighted by atomic mass is 9.45. The first-order valence-electron chi connectivity index (χ1n) is 13.3. The van der Waals surface area contributed by atoms with Crippen molar-refractivity contribution in [3.05, 3.63) is 0 Å². The molecular formula is C27H48O4Si. The zero-order valence-electron chi connectivity index (χ0n) is 21.7. The molecule has 5 heteroatoms. The molecule has 4 aliphatic rings. The number of aliphatic carboxylic acids is 1. The zero-order chi connectivity index (χ0) is 23.5. The standard InChI is InChI=1S/C27H48O4Si/c1-25(2,3)32(6,7)31-19-12-14-26(4)18(16-19)8-9-20-21-10-11-23(30-17-24(28)29)27(21,5)15-13-22(20)26/h18-23H,8-17H2,1-7H3,(H,28,29)/t18-,19?,20-,21-,22-,23-,26-,27-/m0/s1. The Kier molecular flexibility index (Phi) is 6.47. The maximum Gasteiger partial charge on any atom is 0.329 e. The highest BCUT2D eigenvalue weighted by Gasteiger charge is 2.60. The number of carbonyl (C=O) groups is 1. The second kappa shape index (κ2) is 8.37. The predicted octanol–water partition coefficient (Wildman–Crippen LogP) is 6.89. The van der Waals surface area contributed by atoms with Gasteiger partial charge in [0.15, 0.2) is 8.32 Å². The number of hydrogen-bond donors (Lipinski definition) is 1. The molecule has 4 fully saturated rings. The molecule has 4 aliphatic carbocycles. The average Bonchev–Trinajstić information content (AvgIpc) is 3.02. The Labute approximate surface area is 197 Å². The van der Waals surface area contributed by atoms with E-state index in [1.165, 1.54) is 51.4 Å². The molecule has 4 nitrogen and oxygen atoms in total. The first-order valence-corrected chi connectivity index (χ1v) is 16.2. The summed E-state index contributed by atoms with van der Waals surface area (Å²) in [6.07, 6.45) is 11.9.